The first-order chi connectivity index (χ1) is 13.8. The van der Waals surface area contributed by atoms with Crippen LogP contribution < -0.4 is 24.8 Å². The van der Waals surface area contributed by atoms with Crippen LogP contribution in [-0.4, -0.2) is 32.1 Å². The van der Waals surface area contributed by atoms with Crippen LogP contribution in [0.3, 0.4) is 0 Å². The van der Waals surface area contributed by atoms with Crippen LogP contribution in [0.25, 0.3) is 0 Å². The van der Waals surface area contributed by atoms with Gasteiger partial charge in [-0.25, -0.2) is 4.79 Å². The molecule has 4 rings (SSSR count). The van der Waals surface area contributed by atoms with Gasteiger partial charge in [0.05, 0.1) is 6.10 Å². The standard InChI is InChI=1S/C21H24N2O5/c24-21(22-9-8-17-5-2-10-25-17)23-16-4-1-3-15(11-16)13-26-18-6-7-19-20(12-18)28-14-27-19/h1,3-4,6-7,11-12,17H,2,5,8-10,13-14H2,(H2,22,23,24). The molecule has 0 radical (unpaired) electrons. The molecule has 2 N–H and O–H groups in total. The van der Waals surface area contributed by atoms with E-state index in [1.54, 1.807) is 0 Å². The molecule has 2 aromatic carbocycles. The van der Waals surface area contributed by atoms with Gasteiger partial charge in [-0.3, -0.25) is 0 Å². The quantitative estimate of drug-likeness (QED) is 0.761. The second-order valence-corrected chi connectivity index (χ2v) is 6.81. The number of hydrogen-bond acceptors (Lipinski definition) is 5. The van der Waals surface area contributed by atoms with E-state index in [9.17, 15) is 4.79 Å². The molecule has 0 saturated carbocycles. The van der Waals surface area contributed by atoms with Crippen molar-refractivity contribution in [1.29, 1.82) is 0 Å². The lowest BCUT2D eigenvalue weighted by Gasteiger charge is -2.12. The third kappa shape index (κ3) is 4.86. The molecule has 1 saturated heterocycles. The summed E-state index contributed by atoms with van der Waals surface area (Å²) < 4.78 is 22.0. The van der Waals surface area contributed by atoms with Gasteiger partial charge in [0.1, 0.15) is 12.4 Å². The van der Waals surface area contributed by atoms with Crippen molar-refractivity contribution in [2.45, 2.75) is 32.0 Å². The molecule has 28 heavy (non-hydrogen) atoms. The maximum absolute atomic E-state index is 12.1. The number of urea groups is 1. The Morgan fingerprint density at radius 2 is 2.07 bits per heavy atom. The van der Waals surface area contributed by atoms with Crippen LogP contribution in [0.2, 0.25) is 0 Å². The maximum atomic E-state index is 12.1. The summed E-state index contributed by atoms with van der Waals surface area (Å²) in [6.45, 7) is 2.06. The Balaban J connectivity index is 1.24. The second-order valence-electron chi connectivity index (χ2n) is 6.81. The molecule has 2 amide bonds. The van der Waals surface area contributed by atoms with Crippen molar-refractivity contribution in [3.05, 3.63) is 48.0 Å². The van der Waals surface area contributed by atoms with Gasteiger partial charge in [-0.2, -0.15) is 0 Å². The fourth-order valence-electron chi connectivity index (χ4n) is 3.27. The second kappa shape index (κ2) is 8.84. The van der Waals surface area contributed by atoms with Gasteiger partial charge in [0.2, 0.25) is 6.79 Å². The molecular weight excluding hydrogens is 360 g/mol. The Labute approximate surface area is 163 Å². The highest BCUT2D eigenvalue weighted by atomic mass is 16.7. The average Bonchev–Trinajstić information content (AvgIpc) is 3.38. The molecule has 7 nitrogen and oxygen atoms in total. The average molecular weight is 384 g/mol. The minimum atomic E-state index is -0.216. The lowest BCUT2D eigenvalue weighted by atomic mass is 10.2. The number of anilines is 1. The van der Waals surface area contributed by atoms with Crippen molar-refractivity contribution in [2.75, 3.05) is 25.3 Å². The Morgan fingerprint density at radius 3 is 2.96 bits per heavy atom. The molecule has 0 spiro atoms. The summed E-state index contributed by atoms with van der Waals surface area (Å²) in [7, 11) is 0. The number of carbonyl (C=O) groups excluding carboxylic acids is 1. The summed E-state index contributed by atoms with van der Waals surface area (Å²) in [5.74, 6) is 2.12. The van der Waals surface area contributed by atoms with Gasteiger partial charge in [0.15, 0.2) is 11.5 Å². The fourth-order valence-corrected chi connectivity index (χ4v) is 3.27. The number of rotatable bonds is 7. The largest absolute Gasteiger partial charge is 0.489 e. The summed E-state index contributed by atoms with van der Waals surface area (Å²) in [6, 6.07) is 12.9. The van der Waals surface area contributed by atoms with E-state index in [0.717, 1.165) is 42.9 Å². The fraction of sp³-hybridized carbons (Fsp3) is 0.381. The molecule has 2 aliphatic heterocycles. The highest BCUT2D eigenvalue weighted by molar-refractivity contribution is 5.89. The molecule has 0 aromatic heterocycles. The normalized spacial score (nSPS) is 17.4. The Kier molecular flexibility index (Phi) is 5.82. The minimum absolute atomic E-state index is 0.216. The number of hydrogen-bond donors (Lipinski definition) is 2. The molecule has 0 bridgehead atoms. The van der Waals surface area contributed by atoms with E-state index in [0.29, 0.717) is 24.7 Å². The molecule has 1 atom stereocenters. The number of carbonyl (C=O) groups is 1. The molecule has 7 heteroatoms. The first-order valence-electron chi connectivity index (χ1n) is 9.54. The molecule has 148 valence electrons. The van der Waals surface area contributed by atoms with Gasteiger partial charge in [0, 0.05) is 24.9 Å². The predicted molar refractivity (Wildman–Crippen MR) is 104 cm³/mol. The van der Waals surface area contributed by atoms with Crippen LogP contribution in [0.15, 0.2) is 42.5 Å². The Morgan fingerprint density at radius 1 is 1.14 bits per heavy atom. The maximum Gasteiger partial charge on any atom is 0.319 e. The molecule has 1 fully saturated rings. The zero-order valence-electron chi connectivity index (χ0n) is 15.6. The molecule has 2 aromatic rings. The minimum Gasteiger partial charge on any atom is -0.489 e. The molecule has 2 heterocycles. The lowest BCUT2D eigenvalue weighted by Crippen LogP contribution is -2.31. The smallest absolute Gasteiger partial charge is 0.319 e. The van der Waals surface area contributed by atoms with Crippen molar-refractivity contribution >= 4 is 11.7 Å². The SMILES string of the molecule is O=C(NCCC1CCCO1)Nc1cccc(COc2ccc3c(c2)OCO3)c1. The van der Waals surface area contributed by atoms with E-state index in [2.05, 4.69) is 10.6 Å². The van der Waals surface area contributed by atoms with Crippen molar-refractivity contribution in [3.8, 4) is 17.2 Å². The van der Waals surface area contributed by atoms with Crippen molar-refractivity contribution in [3.63, 3.8) is 0 Å². The number of ether oxygens (including phenoxy) is 4. The van der Waals surface area contributed by atoms with Crippen LogP contribution in [0.5, 0.6) is 17.2 Å². The van der Waals surface area contributed by atoms with Crippen molar-refractivity contribution < 1.29 is 23.7 Å². The number of benzene rings is 2. The third-order valence-electron chi connectivity index (χ3n) is 4.71. The third-order valence-corrected chi connectivity index (χ3v) is 4.71. The number of nitrogens with one attached hydrogen (secondary N) is 2. The number of amides is 2. The van der Waals surface area contributed by atoms with Gasteiger partial charge in [-0.05, 0) is 49.1 Å². The van der Waals surface area contributed by atoms with E-state index in [1.165, 1.54) is 0 Å². The highest BCUT2D eigenvalue weighted by Crippen LogP contribution is 2.35. The van der Waals surface area contributed by atoms with E-state index in [1.807, 2.05) is 42.5 Å². The Bertz CT molecular complexity index is 820. The van der Waals surface area contributed by atoms with E-state index >= 15 is 0 Å². The van der Waals surface area contributed by atoms with Gasteiger partial charge in [-0.1, -0.05) is 12.1 Å². The Hall–Kier alpha value is -2.93. The monoisotopic (exact) mass is 384 g/mol. The number of fused-ring (bicyclic) bond motifs is 1. The van der Waals surface area contributed by atoms with E-state index in [-0.39, 0.29) is 18.9 Å². The summed E-state index contributed by atoms with van der Waals surface area (Å²) in [5, 5.41) is 5.73. The van der Waals surface area contributed by atoms with Crippen molar-refractivity contribution in [2.24, 2.45) is 0 Å². The van der Waals surface area contributed by atoms with Gasteiger partial charge < -0.3 is 29.6 Å². The van der Waals surface area contributed by atoms with Crippen LogP contribution in [0, 0.1) is 0 Å². The van der Waals surface area contributed by atoms with Crippen LogP contribution in [0.1, 0.15) is 24.8 Å². The predicted octanol–water partition coefficient (Wildman–Crippen LogP) is 3.68. The van der Waals surface area contributed by atoms with Crippen LogP contribution in [0.4, 0.5) is 10.5 Å². The van der Waals surface area contributed by atoms with E-state index in [4.69, 9.17) is 18.9 Å². The summed E-state index contributed by atoms with van der Waals surface area (Å²) in [4.78, 5) is 12.1. The first kappa shape index (κ1) is 18.4. The van der Waals surface area contributed by atoms with Gasteiger partial charge in [-0.15, -0.1) is 0 Å². The molecular formula is C21H24N2O5. The van der Waals surface area contributed by atoms with Gasteiger partial charge in [0.25, 0.3) is 0 Å². The highest BCUT2D eigenvalue weighted by Gasteiger charge is 2.15. The zero-order chi connectivity index (χ0) is 19.2. The molecule has 0 aliphatic carbocycles. The summed E-state index contributed by atoms with van der Waals surface area (Å²) >= 11 is 0. The zero-order valence-corrected chi connectivity index (χ0v) is 15.6. The van der Waals surface area contributed by atoms with E-state index < -0.39 is 0 Å². The summed E-state index contributed by atoms with van der Waals surface area (Å²) in [6.07, 6.45) is 3.31. The molecule has 1 unspecified atom stereocenters. The van der Waals surface area contributed by atoms with Gasteiger partial charge >= 0.3 is 6.03 Å². The molecule has 2 aliphatic rings. The van der Waals surface area contributed by atoms with Crippen LogP contribution >= 0.6 is 0 Å². The first-order valence-corrected chi connectivity index (χ1v) is 9.54. The topological polar surface area (TPSA) is 78.1 Å². The summed E-state index contributed by atoms with van der Waals surface area (Å²) in [5.41, 5.74) is 1.68. The van der Waals surface area contributed by atoms with Crippen molar-refractivity contribution in [1.82, 2.24) is 5.32 Å². The lowest BCUT2D eigenvalue weighted by molar-refractivity contribution is 0.105. The van der Waals surface area contributed by atoms with Crippen LogP contribution in [-0.2, 0) is 11.3 Å².